The Balaban J connectivity index is 3.65. The number of benzene rings is 1. The molecular formula is C12H11N3O6. The number of rotatable bonds is 5. The highest BCUT2D eigenvalue weighted by Gasteiger charge is 2.22. The third-order valence-electron chi connectivity index (χ3n) is 2.64. The monoisotopic (exact) mass is 293 g/mol. The molecule has 0 aliphatic rings. The Morgan fingerprint density at radius 2 is 2.05 bits per heavy atom. The van der Waals surface area contributed by atoms with Crippen LogP contribution in [0.3, 0.4) is 0 Å². The maximum Gasteiger partial charge on any atom is 0.315 e. The quantitative estimate of drug-likeness (QED) is 0.197. The van der Waals surface area contributed by atoms with Crippen molar-refractivity contribution in [2.45, 2.75) is 6.42 Å². The van der Waals surface area contributed by atoms with Crippen LogP contribution in [0.5, 0.6) is 11.5 Å². The van der Waals surface area contributed by atoms with Gasteiger partial charge in [-0.25, -0.2) is 0 Å². The zero-order valence-corrected chi connectivity index (χ0v) is 10.6. The lowest BCUT2D eigenvalue weighted by Gasteiger charge is -2.09. The molecule has 5 N–H and O–H groups in total. The molecular weight excluding hydrogens is 282 g/mol. The van der Waals surface area contributed by atoms with Crippen molar-refractivity contribution in [3.8, 4) is 17.6 Å². The average molecular weight is 293 g/mol. The number of nitrogens with two attached hydrogens (primary N) is 1. The zero-order valence-electron chi connectivity index (χ0n) is 10.6. The molecule has 0 unspecified atom stereocenters. The van der Waals surface area contributed by atoms with Crippen LogP contribution in [0.15, 0.2) is 17.7 Å². The van der Waals surface area contributed by atoms with Crippen LogP contribution in [0.4, 0.5) is 5.69 Å². The predicted molar refractivity (Wildman–Crippen MR) is 69.9 cm³/mol. The number of nitro benzene ring substituents is 1. The lowest BCUT2D eigenvalue weighted by molar-refractivity contribution is -0.386. The minimum absolute atomic E-state index is 0.0640. The molecule has 1 rings (SSSR count). The Bertz CT molecular complexity index is 674. The maximum atomic E-state index is 11.2. The lowest BCUT2D eigenvalue weighted by Crippen LogP contribution is -2.15. The normalized spacial score (nSPS) is 11.4. The molecule has 0 spiro atoms. The van der Waals surface area contributed by atoms with Crippen LogP contribution in [0, 0.1) is 21.4 Å². The molecule has 0 radical (unpaired) electrons. The first-order valence-corrected chi connectivity index (χ1v) is 5.58. The third-order valence-corrected chi connectivity index (χ3v) is 2.64. The summed E-state index contributed by atoms with van der Waals surface area (Å²) in [5.74, 6) is -2.81. The molecule has 110 valence electrons. The summed E-state index contributed by atoms with van der Waals surface area (Å²) in [6, 6.07) is 3.36. The summed E-state index contributed by atoms with van der Waals surface area (Å²) in [7, 11) is 0. The van der Waals surface area contributed by atoms with Gasteiger partial charge < -0.3 is 21.1 Å². The molecule has 0 bridgehead atoms. The summed E-state index contributed by atoms with van der Waals surface area (Å²) in [5.41, 5.74) is 3.60. The minimum Gasteiger partial charge on any atom is -0.504 e. The summed E-state index contributed by atoms with van der Waals surface area (Å²) < 4.78 is 0. The van der Waals surface area contributed by atoms with E-state index in [1.165, 1.54) is 0 Å². The second-order valence-electron chi connectivity index (χ2n) is 3.92. The topological polar surface area (TPSA) is 171 Å². The number of phenolic OH excluding ortho intramolecular Hbond substituents is 2. The summed E-state index contributed by atoms with van der Waals surface area (Å²) in [4.78, 5) is 21.1. The van der Waals surface area contributed by atoms with Crippen molar-refractivity contribution in [3.63, 3.8) is 0 Å². The molecule has 0 saturated heterocycles. The van der Waals surface area contributed by atoms with Gasteiger partial charge in [-0.3, -0.25) is 14.9 Å². The summed E-state index contributed by atoms with van der Waals surface area (Å²) in [6.07, 6.45) is -0.187. The molecule has 0 aliphatic carbocycles. The first kappa shape index (κ1) is 15.9. The fraction of sp³-hybridized carbons (Fsp3) is 0.167. The van der Waals surface area contributed by atoms with E-state index >= 15 is 0 Å². The van der Waals surface area contributed by atoms with Gasteiger partial charge in [-0.05, 0) is 23.6 Å². The zero-order chi connectivity index (χ0) is 16.2. The van der Waals surface area contributed by atoms with E-state index in [4.69, 9.17) is 16.1 Å². The number of phenols is 2. The highest BCUT2D eigenvalue weighted by molar-refractivity contribution is 6.04. The van der Waals surface area contributed by atoms with Crippen molar-refractivity contribution in [1.29, 1.82) is 5.26 Å². The number of aliphatic hydroxyl groups is 1. The minimum atomic E-state index is -1.07. The summed E-state index contributed by atoms with van der Waals surface area (Å²) in [6.45, 7) is -0.455. The number of carbonyl (C=O) groups is 1. The number of nitro groups is 1. The number of amides is 1. The Morgan fingerprint density at radius 1 is 1.43 bits per heavy atom. The average Bonchev–Trinajstić information content (AvgIpc) is 2.40. The summed E-state index contributed by atoms with van der Waals surface area (Å²) >= 11 is 0. The fourth-order valence-electron chi connectivity index (χ4n) is 1.71. The molecule has 0 atom stereocenters. The number of aromatic hydroxyl groups is 2. The largest absolute Gasteiger partial charge is 0.504 e. The van der Waals surface area contributed by atoms with Crippen LogP contribution < -0.4 is 5.73 Å². The SMILES string of the molecule is N#C/C(C(N)=O)=C(/CCO)c1cc(O)c(O)c([N+](=O)[O-])c1. The molecule has 0 aliphatic heterocycles. The predicted octanol–water partition coefficient (Wildman–Crippen LogP) is 0.151. The standard InChI is InChI=1S/C12H11N3O6/c13-5-8(12(14)19)7(1-2-16)6-3-9(15(20)21)11(18)10(17)4-6/h3-4,16-18H,1-2H2,(H2,14,19)/b8-7+. The van der Waals surface area contributed by atoms with Gasteiger partial charge in [-0.1, -0.05) is 0 Å². The molecule has 1 aromatic rings. The van der Waals surface area contributed by atoms with Gasteiger partial charge >= 0.3 is 5.69 Å². The summed E-state index contributed by atoms with van der Waals surface area (Å²) in [5, 5.41) is 47.6. The lowest BCUT2D eigenvalue weighted by atomic mass is 9.96. The van der Waals surface area contributed by atoms with E-state index in [0.717, 1.165) is 12.1 Å². The van der Waals surface area contributed by atoms with Crippen LogP contribution in [0.25, 0.3) is 5.57 Å². The van der Waals surface area contributed by atoms with E-state index in [9.17, 15) is 25.1 Å². The van der Waals surface area contributed by atoms with Gasteiger partial charge in [0, 0.05) is 12.7 Å². The first-order valence-electron chi connectivity index (χ1n) is 5.58. The molecule has 1 aromatic carbocycles. The van der Waals surface area contributed by atoms with E-state index in [0.29, 0.717) is 0 Å². The Kier molecular flexibility index (Phi) is 4.82. The molecule has 1 amide bonds. The van der Waals surface area contributed by atoms with Gasteiger partial charge in [0.25, 0.3) is 5.91 Å². The second kappa shape index (κ2) is 6.36. The Labute approximate surface area is 118 Å². The smallest absolute Gasteiger partial charge is 0.315 e. The van der Waals surface area contributed by atoms with E-state index in [1.54, 1.807) is 6.07 Å². The van der Waals surface area contributed by atoms with E-state index < -0.39 is 40.2 Å². The molecule has 0 aromatic heterocycles. The van der Waals surface area contributed by atoms with Gasteiger partial charge in [-0.15, -0.1) is 0 Å². The number of hydrogen-bond donors (Lipinski definition) is 4. The van der Waals surface area contributed by atoms with Gasteiger partial charge in [0.05, 0.1) is 4.92 Å². The van der Waals surface area contributed by atoms with Gasteiger partial charge in [0.1, 0.15) is 11.6 Å². The number of hydrogen-bond acceptors (Lipinski definition) is 7. The molecule has 0 fully saturated rings. The Hall–Kier alpha value is -3.12. The molecule has 0 heterocycles. The molecule has 0 saturated carbocycles. The van der Waals surface area contributed by atoms with Crippen molar-refractivity contribution in [3.05, 3.63) is 33.4 Å². The van der Waals surface area contributed by atoms with Crippen molar-refractivity contribution in [1.82, 2.24) is 0 Å². The molecule has 21 heavy (non-hydrogen) atoms. The highest BCUT2D eigenvalue weighted by Crippen LogP contribution is 2.39. The Morgan fingerprint density at radius 3 is 2.48 bits per heavy atom. The van der Waals surface area contributed by atoms with Crippen LogP contribution >= 0.6 is 0 Å². The molecule has 9 nitrogen and oxygen atoms in total. The number of primary amides is 1. The fourth-order valence-corrected chi connectivity index (χ4v) is 1.71. The van der Waals surface area contributed by atoms with Gasteiger partial charge in [0.15, 0.2) is 5.75 Å². The third kappa shape index (κ3) is 3.26. The highest BCUT2D eigenvalue weighted by atomic mass is 16.6. The van der Waals surface area contributed by atoms with Crippen molar-refractivity contribution in [2.24, 2.45) is 5.73 Å². The van der Waals surface area contributed by atoms with Crippen molar-refractivity contribution < 1.29 is 25.0 Å². The van der Waals surface area contributed by atoms with E-state index in [1.807, 2.05) is 0 Å². The first-order chi connectivity index (χ1) is 9.83. The van der Waals surface area contributed by atoms with Crippen LogP contribution in [0.1, 0.15) is 12.0 Å². The van der Waals surface area contributed by atoms with Gasteiger partial charge in [-0.2, -0.15) is 5.26 Å². The van der Waals surface area contributed by atoms with Crippen LogP contribution in [0.2, 0.25) is 0 Å². The van der Waals surface area contributed by atoms with Crippen LogP contribution in [-0.2, 0) is 4.79 Å². The van der Waals surface area contributed by atoms with Crippen LogP contribution in [-0.4, -0.2) is 32.8 Å². The van der Waals surface area contributed by atoms with Gasteiger partial charge in [0.2, 0.25) is 5.75 Å². The van der Waals surface area contributed by atoms with E-state index in [-0.39, 0.29) is 17.6 Å². The van der Waals surface area contributed by atoms with Crippen molar-refractivity contribution in [2.75, 3.05) is 6.61 Å². The maximum absolute atomic E-state index is 11.2. The number of aliphatic hydroxyl groups excluding tert-OH is 1. The van der Waals surface area contributed by atoms with Crippen molar-refractivity contribution >= 4 is 17.2 Å². The molecule has 9 heteroatoms. The second-order valence-corrected chi connectivity index (χ2v) is 3.92. The number of nitriles is 1. The number of nitrogens with zero attached hydrogens (tertiary/aromatic N) is 2. The van der Waals surface area contributed by atoms with E-state index in [2.05, 4.69) is 0 Å². The number of carbonyl (C=O) groups excluding carboxylic acids is 1.